The fourth-order valence-electron chi connectivity index (χ4n) is 6.66. The molecule has 0 bridgehead atoms. The molecule has 4 amide bonds. The Morgan fingerprint density at radius 1 is 0.976 bits per heavy atom. The maximum atomic E-state index is 14.4. The third kappa shape index (κ3) is 4.87. The molecule has 1 aliphatic carbocycles. The van der Waals surface area contributed by atoms with Crippen molar-refractivity contribution in [2.75, 3.05) is 16.3 Å². The first kappa shape index (κ1) is 28.1. The molecule has 2 fully saturated rings. The van der Waals surface area contributed by atoms with E-state index in [1.807, 2.05) is 65.6 Å². The second-order valence-corrected chi connectivity index (χ2v) is 12.9. The number of amides is 4. The van der Waals surface area contributed by atoms with Crippen LogP contribution in [0.5, 0.6) is 0 Å². The first-order valence-electron chi connectivity index (χ1n) is 14.9. The molecule has 42 heavy (non-hydrogen) atoms. The molecule has 2 aromatic carbocycles. The van der Waals surface area contributed by atoms with E-state index >= 15 is 0 Å². The van der Waals surface area contributed by atoms with Gasteiger partial charge >= 0.3 is 6.03 Å². The molecule has 1 N–H and O–H groups in total. The van der Waals surface area contributed by atoms with Gasteiger partial charge in [0.15, 0.2) is 0 Å². The summed E-state index contributed by atoms with van der Waals surface area (Å²) in [5.74, 6) is -0.308. The minimum absolute atomic E-state index is 0.0178. The molecule has 3 aromatic rings. The van der Waals surface area contributed by atoms with E-state index in [4.69, 9.17) is 0 Å². The summed E-state index contributed by atoms with van der Waals surface area (Å²) < 4.78 is 0. The van der Waals surface area contributed by atoms with Crippen molar-refractivity contribution in [3.05, 3.63) is 89.7 Å². The molecule has 6 rings (SSSR count). The molecule has 0 radical (unpaired) electrons. The number of anilines is 2. The lowest BCUT2D eigenvalue weighted by Crippen LogP contribution is -2.44. The highest BCUT2D eigenvalue weighted by Crippen LogP contribution is 2.45. The van der Waals surface area contributed by atoms with Gasteiger partial charge in [-0.3, -0.25) is 19.9 Å². The van der Waals surface area contributed by atoms with Gasteiger partial charge in [0.1, 0.15) is 11.6 Å². The molecule has 1 saturated heterocycles. The van der Waals surface area contributed by atoms with Crippen LogP contribution in [0.3, 0.4) is 0 Å². The van der Waals surface area contributed by atoms with E-state index in [2.05, 4.69) is 24.1 Å². The molecule has 218 valence electrons. The molecule has 3 heterocycles. The summed E-state index contributed by atoms with van der Waals surface area (Å²) in [7, 11) is 0. The third-order valence-corrected chi connectivity index (χ3v) is 9.13. The Hall–Kier alpha value is -4.04. The number of pyridine rings is 1. The van der Waals surface area contributed by atoms with Crippen molar-refractivity contribution < 1.29 is 14.4 Å². The second kappa shape index (κ2) is 10.7. The first-order chi connectivity index (χ1) is 20.1. The van der Waals surface area contributed by atoms with E-state index in [9.17, 15) is 14.4 Å². The zero-order valence-electron chi connectivity index (χ0n) is 24.8. The molecule has 8 heteroatoms. The van der Waals surface area contributed by atoms with Crippen LogP contribution in [0, 0.1) is 0 Å². The molecule has 1 unspecified atom stereocenters. The van der Waals surface area contributed by atoms with E-state index in [1.54, 1.807) is 31.1 Å². The van der Waals surface area contributed by atoms with E-state index in [-0.39, 0.29) is 23.3 Å². The molecular formula is C34H39N5O3. The maximum Gasteiger partial charge on any atom is 0.332 e. The topological polar surface area (TPSA) is 85.8 Å². The zero-order chi connectivity index (χ0) is 29.6. The molecule has 1 aromatic heterocycles. The highest BCUT2D eigenvalue weighted by atomic mass is 16.2. The van der Waals surface area contributed by atoms with Crippen LogP contribution in [0.25, 0.3) is 0 Å². The van der Waals surface area contributed by atoms with Crippen LogP contribution in [0.1, 0.15) is 76.1 Å². The fraction of sp³-hybridized carbons (Fsp3) is 0.412. The number of carbonyl (C=O) groups excluding carboxylic acids is 3. The molecule has 8 nitrogen and oxygen atoms in total. The third-order valence-electron chi connectivity index (χ3n) is 9.13. The Balaban J connectivity index is 1.34. The minimum atomic E-state index is -1.03. The van der Waals surface area contributed by atoms with Gasteiger partial charge in [-0.05, 0) is 67.6 Å². The first-order valence-corrected chi connectivity index (χ1v) is 14.9. The Kier molecular flexibility index (Phi) is 7.13. The summed E-state index contributed by atoms with van der Waals surface area (Å²) in [5.41, 5.74) is 2.78. The predicted molar refractivity (Wildman–Crippen MR) is 163 cm³/mol. The Morgan fingerprint density at radius 2 is 1.67 bits per heavy atom. The van der Waals surface area contributed by atoms with Crippen LogP contribution in [-0.4, -0.2) is 45.9 Å². The highest BCUT2D eigenvalue weighted by Gasteiger charge is 2.52. The van der Waals surface area contributed by atoms with Crippen molar-refractivity contribution in [1.82, 2.24) is 15.2 Å². The van der Waals surface area contributed by atoms with Crippen molar-refractivity contribution in [2.45, 2.75) is 83.0 Å². The van der Waals surface area contributed by atoms with Gasteiger partial charge in [-0.25, -0.2) is 9.69 Å². The van der Waals surface area contributed by atoms with Gasteiger partial charge in [0.2, 0.25) is 5.91 Å². The van der Waals surface area contributed by atoms with Crippen LogP contribution >= 0.6 is 0 Å². The summed E-state index contributed by atoms with van der Waals surface area (Å²) in [6.45, 7) is 8.63. The molecule has 2 aliphatic heterocycles. The summed E-state index contributed by atoms with van der Waals surface area (Å²) in [4.78, 5) is 50.7. The highest BCUT2D eigenvalue weighted by molar-refractivity contribution is 6.23. The number of fused-ring (bicyclic) bond motifs is 1. The number of nitrogens with zero attached hydrogens (tertiary/aromatic N) is 4. The minimum Gasteiger partial charge on any atom is -0.310 e. The lowest BCUT2D eigenvalue weighted by atomic mass is 9.87. The van der Waals surface area contributed by atoms with Gasteiger partial charge in [0.05, 0.1) is 5.69 Å². The Morgan fingerprint density at radius 3 is 2.36 bits per heavy atom. The standard InChI is InChI=1S/C34H39N5O3/c1-33(2)22-37(30(40)29(24-10-6-5-7-11-24)36-25-12-8-9-13-25)28-20-26(14-15-27(28)33)39-31(41)34(3,4)38(32(39)42)21-23-16-18-35-19-17-23/h5-7,10-11,14-20,25,29,36H,8-9,12-13,21-22H2,1-4H3. The van der Waals surface area contributed by atoms with Crippen LogP contribution in [0.15, 0.2) is 73.1 Å². The van der Waals surface area contributed by atoms with Crippen molar-refractivity contribution in [2.24, 2.45) is 0 Å². The second-order valence-electron chi connectivity index (χ2n) is 12.9. The van der Waals surface area contributed by atoms with Crippen molar-refractivity contribution in [3.63, 3.8) is 0 Å². The SMILES string of the molecule is CC1(C)CN(C(=O)C(NC2CCCC2)c2ccccc2)c2cc(N3C(=O)N(Cc4ccncc4)C(C)(C)C3=O)ccc21. The van der Waals surface area contributed by atoms with Crippen LogP contribution in [-0.2, 0) is 21.5 Å². The fourth-order valence-corrected chi connectivity index (χ4v) is 6.66. The van der Waals surface area contributed by atoms with Gasteiger partial charge in [-0.1, -0.05) is 63.1 Å². The van der Waals surface area contributed by atoms with Gasteiger partial charge in [0.25, 0.3) is 5.91 Å². The van der Waals surface area contributed by atoms with Crippen molar-refractivity contribution in [3.8, 4) is 0 Å². The average Bonchev–Trinajstić information content (AvgIpc) is 3.64. The quantitative estimate of drug-likeness (QED) is 0.370. The number of hydrogen-bond donors (Lipinski definition) is 1. The lowest BCUT2D eigenvalue weighted by Gasteiger charge is -2.29. The summed E-state index contributed by atoms with van der Waals surface area (Å²) >= 11 is 0. The largest absolute Gasteiger partial charge is 0.332 e. The number of aromatic nitrogens is 1. The maximum absolute atomic E-state index is 14.4. The number of imide groups is 1. The number of hydrogen-bond acceptors (Lipinski definition) is 5. The monoisotopic (exact) mass is 565 g/mol. The van der Waals surface area contributed by atoms with Gasteiger partial charge in [-0.15, -0.1) is 0 Å². The number of carbonyl (C=O) groups is 3. The average molecular weight is 566 g/mol. The molecule has 1 atom stereocenters. The number of rotatable bonds is 7. The van der Waals surface area contributed by atoms with E-state index < -0.39 is 11.6 Å². The molecule has 0 spiro atoms. The number of benzene rings is 2. The summed E-state index contributed by atoms with van der Waals surface area (Å²) in [6, 6.07) is 18.7. The van der Waals surface area contributed by atoms with Gasteiger partial charge in [-0.2, -0.15) is 0 Å². The lowest BCUT2D eigenvalue weighted by molar-refractivity contribution is -0.123. The van der Waals surface area contributed by atoms with Gasteiger partial charge < -0.3 is 9.80 Å². The van der Waals surface area contributed by atoms with Crippen molar-refractivity contribution >= 4 is 29.2 Å². The van der Waals surface area contributed by atoms with Crippen LogP contribution in [0.2, 0.25) is 0 Å². The molecule has 3 aliphatic rings. The Labute approximate surface area is 247 Å². The molecule has 1 saturated carbocycles. The Bertz CT molecular complexity index is 1500. The predicted octanol–water partition coefficient (Wildman–Crippen LogP) is 5.73. The summed E-state index contributed by atoms with van der Waals surface area (Å²) in [6.07, 6.45) is 7.83. The normalized spacial score (nSPS) is 20.3. The van der Waals surface area contributed by atoms with E-state index in [1.165, 1.54) is 17.7 Å². The zero-order valence-corrected chi connectivity index (χ0v) is 24.8. The van der Waals surface area contributed by atoms with E-state index in [0.717, 1.165) is 35.2 Å². The summed E-state index contributed by atoms with van der Waals surface area (Å²) in [5, 5.41) is 3.67. The smallest absolute Gasteiger partial charge is 0.310 e. The van der Waals surface area contributed by atoms with Crippen LogP contribution < -0.4 is 15.1 Å². The number of urea groups is 1. The molecular weight excluding hydrogens is 526 g/mol. The van der Waals surface area contributed by atoms with Gasteiger partial charge in [0, 0.05) is 42.6 Å². The van der Waals surface area contributed by atoms with Crippen LogP contribution in [0.4, 0.5) is 16.2 Å². The van der Waals surface area contributed by atoms with E-state index in [0.29, 0.717) is 24.8 Å². The van der Waals surface area contributed by atoms with Crippen molar-refractivity contribution in [1.29, 1.82) is 0 Å². The number of nitrogens with one attached hydrogen (secondary N) is 1.